The molecule has 0 bridgehead atoms. The minimum atomic E-state index is 0.913. The van der Waals surface area contributed by atoms with Crippen molar-refractivity contribution in [1.29, 1.82) is 0 Å². The van der Waals surface area contributed by atoms with E-state index in [1.807, 2.05) is 23.7 Å². The van der Waals surface area contributed by atoms with Gasteiger partial charge >= 0.3 is 0 Å². The van der Waals surface area contributed by atoms with Crippen LogP contribution in [-0.2, 0) is 0 Å². The molecule has 0 atom stereocenters. The number of hydrogen-bond acceptors (Lipinski definition) is 3. The van der Waals surface area contributed by atoms with Crippen molar-refractivity contribution < 1.29 is 0 Å². The summed E-state index contributed by atoms with van der Waals surface area (Å²) in [4.78, 5) is 8.83. The van der Waals surface area contributed by atoms with Crippen LogP contribution in [-0.4, -0.2) is 27.5 Å². The van der Waals surface area contributed by atoms with Crippen molar-refractivity contribution in [2.75, 3.05) is 13.1 Å². The second kappa shape index (κ2) is 3.72. The van der Waals surface area contributed by atoms with E-state index in [2.05, 4.69) is 27.6 Å². The fourth-order valence-electron chi connectivity index (χ4n) is 2.05. The van der Waals surface area contributed by atoms with Crippen LogP contribution in [0.1, 0.15) is 17.8 Å². The lowest BCUT2D eigenvalue weighted by Gasteiger charge is -2.13. The van der Waals surface area contributed by atoms with Gasteiger partial charge in [-0.05, 0) is 25.5 Å². The molecule has 2 aromatic heterocycles. The van der Waals surface area contributed by atoms with E-state index in [-0.39, 0.29) is 0 Å². The van der Waals surface area contributed by atoms with E-state index < -0.39 is 0 Å². The normalized spacial score (nSPS) is 16.4. The smallest absolute Gasteiger partial charge is 0.155 e. The maximum atomic E-state index is 4.46. The molecular weight excluding hydrogens is 200 g/mol. The zero-order valence-corrected chi connectivity index (χ0v) is 9.27. The monoisotopic (exact) mass is 214 g/mol. The molecule has 0 aliphatic carbocycles. The molecule has 1 aliphatic rings. The molecule has 1 aliphatic heterocycles. The Morgan fingerprint density at radius 1 is 1.38 bits per heavy atom. The standard InChI is InChI=1S/C12H14N4/c1-9-7-16-8-11(14-6-12(16)15-9)10-2-4-13-5-3-10/h2,6-8,13H,3-5H2,1H3. The Bertz CT molecular complexity index is 553. The summed E-state index contributed by atoms with van der Waals surface area (Å²) in [6, 6.07) is 0. The van der Waals surface area contributed by atoms with Crippen molar-refractivity contribution in [2.45, 2.75) is 13.3 Å². The highest BCUT2D eigenvalue weighted by molar-refractivity contribution is 5.63. The van der Waals surface area contributed by atoms with Gasteiger partial charge in [0.25, 0.3) is 0 Å². The quantitative estimate of drug-likeness (QED) is 0.780. The summed E-state index contributed by atoms with van der Waals surface area (Å²) in [6.07, 6.45) is 9.19. The molecule has 0 saturated carbocycles. The third-order valence-electron chi connectivity index (χ3n) is 2.85. The highest BCUT2D eigenvalue weighted by atomic mass is 15.0. The molecule has 2 aromatic rings. The molecule has 0 fully saturated rings. The lowest BCUT2D eigenvalue weighted by Crippen LogP contribution is -2.20. The highest BCUT2D eigenvalue weighted by Gasteiger charge is 2.08. The zero-order chi connectivity index (χ0) is 11.0. The summed E-state index contributed by atoms with van der Waals surface area (Å²) < 4.78 is 2.04. The van der Waals surface area contributed by atoms with Crippen molar-refractivity contribution in [3.8, 4) is 0 Å². The molecule has 0 saturated heterocycles. The summed E-state index contributed by atoms with van der Waals surface area (Å²) in [7, 11) is 0. The molecule has 82 valence electrons. The highest BCUT2D eigenvalue weighted by Crippen LogP contribution is 2.17. The SMILES string of the molecule is Cc1cn2cc(C3=CCNCC3)ncc2n1. The maximum absolute atomic E-state index is 4.46. The Balaban J connectivity index is 2.07. The van der Waals surface area contributed by atoms with Crippen LogP contribution in [0.15, 0.2) is 24.7 Å². The number of rotatable bonds is 1. The predicted octanol–water partition coefficient (Wildman–Crippen LogP) is 1.41. The Morgan fingerprint density at radius 3 is 3.12 bits per heavy atom. The maximum Gasteiger partial charge on any atom is 0.155 e. The first kappa shape index (κ1) is 9.54. The Morgan fingerprint density at radius 2 is 2.31 bits per heavy atom. The number of hydrogen-bond donors (Lipinski definition) is 1. The average molecular weight is 214 g/mol. The molecule has 4 nitrogen and oxygen atoms in total. The first-order valence-corrected chi connectivity index (χ1v) is 5.54. The largest absolute Gasteiger partial charge is 0.313 e. The van der Waals surface area contributed by atoms with Crippen LogP contribution >= 0.6 is 0 Å². The summed E-state index contributed by atoms with van der Waals surface area (Å²) in [5.74, 6) is 0. The molecular formula is C12H14N4. The van der Waals surface area contributed by atoms with Crippen molar-refractivity contribution >= 4 is 11.2 Å². The van der Waals surface area contributed by atoms with Gasteiger partial charge < -0.3 is 9.72 Å². The molecule has 3 rings (SSSR count). The molecule has 0 amide bonds. The predicted molar refractivity (Wildman–Crippen MR) is 63.2 cm³/mol. The lowest BCUT2D eigenvalue weighted by molar-refractivity contribution is 0.736. The molecule has 16 heavy (non-hydrogen) atoms. The second-order valence-electron chi connectivity index (χ2n) is 4.10. The van der Waals surface area contributed by atoms with E-state index in [1.54, 1.807) is 0 Å². The Labute approximate surface area is 94.0 Å². The zero-order valence-electron chi connectivity index (χ0n) is 9.27. The summed E-state index contributed by atoms with van der Waals surface area (Å²) in [5, 5.41) is 3.30. The van der Waals surface area contributed by atoms with Crippen LogP contribution in [0.3, 0.4) is 0 Å². The van der Waals surface area contributed by atoms with Crippen molar-refractivity contribution in [1.82, 2.24) is 19.7 Å². The minimum Gasteiger partial charge on any atom is -0.313 e. The number of aryl methyl sites for hydroxylation is 1. The van der Waals surface area contributed by atoms with Crippen LogP contribution in [0.4, 0.5) is 0 Å². The lowest BCUT2D eigenvalue weighted by atomic mass is 10.1. The molecule has 4 heteroatoms. The van der Waals surface area contributed by atoms with Gasteiger partial charge in [-0.15, -0.1) is 0 Å². The molecule has 0 unspecified atom stereocenters. The van der Waals surface area contributed by atoms with E-state index in [4.69, 9.17) is 0 Å². The van der Waals surface area contributed by atoms with E-state index in [9.17, 15) is 0 Å². The first-order chi connectivity index (χ1) is 7.83. The van der Waals surface area contributed by atoms with Gasteiger partial charge in [0.2, 0.25) is 0 Å². The van der Waals surface area contributed by atoms with Crippen molar-refractivity contribution in [3.05, 3.63) is 36.1 Å². The summed E-state index contributed by atoms with van der Waals surface area (Å²) >= 11 is 0. The van der Waals surface area contributed by atoms with Crippen LogP contribution in [0.2, 0.25) is 0 Å². The van der Waals surface area contributed by atoms with Gasteiger partial charge in [-0.2, -0.15) is 0 Å². The van der Waals surface area contributed by atoms with Gasteiger partial charge in [-0.25, -0.2) is 4.98 Å². The van der Waals surface area contributed by atoms with E-state index in [0.717, 1.165) is 36.5 Å². The van der Waals surface area contributed by atoms with Gasteiger partial charge in [-0.3, -0.25) is 4.98 Å². The average Bonchev–Trinajstić information content (AvgIpc) is 2.69. The van der Waals surface area contributed by atoms with Gasteiger partial charge in [0, 0.05) is 18.9 Å². The molecule has 0 spiro atoms. The van der Waals surface area contributed by atoms with E-state index in [0.29, 0.717) is 0 Å². The second-order valence-corrected chi connectivity index (χ2v) is 4.10. The van der Waals surface area contributed by atoms with Crippen LogP contribution in [0.25, 0.3) is 11.2 Å². The van der Waals surface area contributed by atoms with Gasteiger partial charge in [0.05, 0.1) is 17.6 Å². The van der Waals surface area contributed by atoms with Gasteiger partial charge in [0.1, 0.15) is 0 Å². The molecule has 0 radical (unpaired) electrons. The summed E-state index contributed by atoms with van der Waals surface area (Å²) in [5.41, 5.74) is 4.33. The first-order valence-electron chi connectivity index (χ1n) is 5.54. The van der Waals surface area contributed by atoms with E-state index in [1.165, 1.54) is 5.57 Å². The summed E-state index contributed by atoms with van der Waals surface area (Å²) in [6.45, 7) is 3.98. The molecule has 1 N–H and O–H groups in total. The topological polar surface area (TPSA) is 42.2 Å². The minimum absolute atomic E-state index is 0.913. The number of nitrogens with one attached hydrogen (secondary N) is 1. The van der Waals surface area contributed by atoms with Gasteiger partial charge in [-0.1, -0.05) is 6.08 Å². The third-order valence-corrected chi connectivity index (χ3v) is 2.85. The third kappa shape index (κ3) is 1.61. The number of imidazole rings is 1. The number of nitrogens with zero attached hydrogens (tertiary/aromatic N) is 3. The van der Waals surface area contributed by atoms with Crippen LogP contribution in [0, 0.1) is 6.92 Å². The number of aromatic nitrogens is 3. The molecule has 3 heterocycles. The number of fused-ring (bicyclic) bond motifs is 1. The Hall–Kier alpha value is -1.68. The van der Waals surface area contributed by atoms with Gasteiger partial charge in [0.15, 0.2) is 5.65 Å². The van der Waals surface area contributed by atoms with Crippen LogP contribution < -0.4 is 5.32 Å². The Kier molecular flexibility index (Phi) is 2.22. The van der Waals surface area contributed by atoms with Crippen molar-refractivity contribution in [3.63, 3.8) is 0 Å². The van der Waals surface area contributed by atoms with Crippen molar-refractivity contribution in [2.24, 2.45) is 0 Å². The fraction of sp³-hybridized carbons (Fsp3) is 0.333. The van der Waals surface area contributed by atoms with E-state index >= 15 is 0 Å². The fourth-order valence-corrected chi connectivity index (χ4v) is 2.05. The molecule has 0 aromatic carbocycles. The van der Waals surface area contributed by atoms with Crippen LogP contribution in [0.5, 0.6) is 0 Å².